The molecule has 0 atom stereocenters. The first-order chi connectivity index (χ1) is 15.1. The molecule has 176 valence electrons. The average molecular weight is 450 g/mol. The Bertz CT molecular complexity index is 766. The van der Waals surface area contributed by atoms with Gasteiger partial charge in [-0.2, -0.15) is 0 Å². The second-order valence-corrected chi connectivity index (χ2v) is 9.02. The van der Waals surface area contributed by atoms with Crippen molar-refractivity contribution in [3.8, 4) is 5.75 Å². The molecule has 4 heterocycles. The molecule has 1 aromatic carbocycles. The Balaban J connectivity index is 0.000000233. The molecule has 4 fully saturated rings. The van der Waals surface area contributed by atoms with Crippen molar-refractivity contribution < 1.29 is 29.0 Å². The van der Waals surface area contributed by atoms with Gasteiger partial charge in [0, 0.05) is 5.56 Å². The number of hydrogen-bond donors (Lipinski definition) is 2. The molecule has 0 radical (unpaired) electrons. The number of carboxylic acid groups (broad SMARTS) is 1. The summed E-state index contributed by atoms with van der Waals surface area (Å²) in [6.07, 6.45) is -0.665. The second-order valence-electron chi connectivity index (χ2n) is 9.02. The van der Waals surface area contributed by atoms with Crippen LogP contribution in [0.4, 0.5) is 4.79 Å². The zero-order chi connectivity index (χ0) is 23.3. The van der Waals surface area contributed by atoms with Gasteiger partial charge < -0.3 is 19.9 Å². The molecule has 5 rings (SSSR count). The van der Waals surface area contributed by atoms with Crippen LogP contribution in [-0.4, -0.2) is 101 Å². The van der Waals surface area contributed by atoms with Gasteiger partial charge in [-0.3, -0.25) is 24.4 Å². The number of alkyl carbamates (subject to hydrolysis) is 1. The highest BCUT2D eigenvalue weighted by Gasteiger charge is 2.36. The Labute approximate surface area is 187 Å². The lowest BCUT2D eigenvalue weighted by atomic mass is 10.1. The SMILES string of the molecule is C1N2CN3CN1CN(C2)C3.CC(C)(C)OC(=O)NCC(=O)c1ccc(OCC(=O)O)cc1. The lowest BCUT2D eigenvalue weighted by Gasteiger charge is -2.56. The maximum absolute atomic E-state index is 11.9. The van der Waals surface area contributed by atoms with Crippen LogP contribution in [0.25, 0.3) is 0 Å². The Morgan fingerprint density at radius 1 is 0.906 bits per heavy atom. The van der Waals surface area contributed by atoms with E-state index in [0.29, 0.717) is 11.3 Å². The number of amides is 1. The highest BCUT2D eigenvalue weighted by Crippen LogP contribution is 2.20. The van der Waals surface area contributed by atoms with E-state index >= 15 is 0 Å². The predicted molar refractivity (Wildman–Crippen MR) is 115 cm³/mol. The molecule has 4 aliphatic rings. The van der Waals surface area contributed by atoms with Crippen molar-refractivity contribution in [3.05, 3.63) is 29.8 Å². The molecule has 2 N–H and O–H groups in total. The van der Waals surface area contributed by atoms with Gasteiger partial charge in [0.15, 0.2) is 12.4 Å². The molecule has 1 aromatic rings. The summed E-state index contributed by atoms with van der Waals surface area (Å²) in [5.74, 6) is -1.03. The zero-order valence-electron chi connectivity index (χ0n) is 18.7. The Kier molecular flexibility index (Phi) is 7.67. The minimum absolute atomic E-state index is 0.190. The van der Waals surface area contributed by atoms with Crippen LogP contribution < -0.4 is 10.1 Å². The lowest BCUT2D eigenvalue weighted by Crippen LogP contribution is -2.71. The summed E-state index contributed by atoms with van der Waals surface area (Å²) in [5, 5.41) is 10.9. The molecule has 4 bridgehead atoms. The van der Waals surface area contributed by atoms with Gasteiger partial charge in [0.1, 0.15) is 11.4 Å². The van der Waals surface area contributed by atoms with E-state index in [0.717, 1.165) is 0 Å². The molecule has 0 aliphatic carbocycles. The first-order valence-corrected chi connectivity index (χ1v) is 10.4. The lowest BCUT2D eigenvalue weighted by molar-refractivity contribution is -0.194. The molecule has 4 saturated heterocycles. The third-order valence-electron chi connectivity index (χ3n) is 4.73. The van der Waals surface area contributed by atoms with Gasteiger partial charge in [0.25, 0.3) is 0 Å². The predicted octanol–water partition coefficient (Wildman–Crippen LogP) is 0.838. The smallest absolute Gasteiger partial charge is 0.408 e. The number of hydrogen-bond acceptors (Lipinski definition) is 9. The maximum atomic E-state index is 11.9. The van der Waals surface area contributed by atoms with E-state index in [9.17, 15) is 14.4 Å². The normalized spacial score (nSPS) is 25.3. The monoisotopic (exact) mass is 449 g/mol. The maximum Gasteiger partial charge on any atom is 0.408 e. The number of nitrogens with zero attached hydrogens (tertiary/aromatic N) is 4. The summed E-state index contributed by atoms with van der Waals surface area (Å²) in [5.41, 5.74) is -0.255. The summed E-state index contributed by atoms with van der Waals surface area (Å²) < 4.78 is 9.97. The van der Waals surface area contributed by atoms with Crippen LogP contribution in [0.5, 0.6) is 5.75 Å². The first-order valence-electron chi connectivity index (χ1n) is 10.4. The number of Topliss-reactive ketones (excluding diaryl/α,β-unsaturated/α-hetero) is 1. The first kappa shape index (κ1) is 23.9. The van der Waals surface area contributed by atoms with E-state index in [1.165, 1.54) is 64.3 Å². The van der Waals surface area contributed by atoms with Crippen LogP contribution in [0.15, 0.2) is 24.3 Å². The van der Waals surface area contributed by atoms with Gasteiger partial charge >= 0.3 is 12.1 Å². The minimum atomic E-state index is -1.08. The highest BCUT2D eigenvalue weighted by molar-refractivity contribution is 5.99. The van der Waals surface area contributed by atoms with E-state index in [4.69, 9.17) is 14.6 Å². The number of carboxylic acids is 1. The second kappa shape index (κ2) is 10.3. The Hall–Kier alpha value is -2.73. The summed E-state index contributed by atoms with van der Waals surface area (Å²) >= 11 is 0. The van der Waals surface area contributed by atoms with Gasteiger partial charge in [-0.1, -0.05) is 0 Å². The Morgan fingerprint density at radius 3 is 1.78 bits per heavy atom. The average Bonchev–Trinajstić information content (AvgIpc) is 2.69. The number of nitrogens with one attached hydrogen (secondary N) is 1. The van der Waals surface area contributed by atoms with Crippen LogP contribution in [0, 0.1) is 0 Å². The summed E-state index contributed by atoms with van der Waals surface area (Å²) in [6.45, 7) is 11.7. The van der Waals surface area contributed by atoms with Crippen molar-refractivity contribution in [1.29, 1.82) is 0 Å². The fourth-order valence-corrected chi connectivity index (χ4v) is 3.68. The molecule has 0 spiro atoms. The molecule has 0 aromatic heterocycles. The van der Waals surface area contributed by atoms with E-state index < -0.39 is 24.3 Å². The van der Waals surface area contributed by atoms with Crippen molar-refractivity contribution in [3.63, 3.8) is 0 Å². The largest absolute Gasteiger partial charge is 0.482 e. The van der Waals surface area contributed by atoms with Crippen molar-refractivity contribution in [1.82, 2.24) is 24.9 Å². The number of ketones is 1. The number of ether oxygens (including phenoxy) is 2. The number of rotatable bonds is 6. The van der Waals surface area contributed by atoms with Crippen molar-refractivity contribution in [2.75, 3.05) is 53.2 Å². The topological polar surface area (TPSA) is 115 Å². The third kappa shape index (κ3) is 7.45. The van der Waals surface area contributed by atoms with Crippen molar-refractivity contribution in [2.24, 2.45) is 0 Å². The van der Waals surface area contributed by atoms with Gasteiger partial charge in [-0.15, -0.1) is 0 Å². The summed E-state index contributed by atoms with van der Waals surface area (Å²) in [4.78, 5) is 43.6. The van der Waals surface area contributed by atoms with E-state index in [2.05, 4.69) is 24.9 Å². The molecule has 0 saturated carbocycles. The number of benzene rings is 1. The van der Waals surface area contributed by atoms with Crippen molar-refractivity contribution in [2.45, 2.75) is 26.4 Å². The van der Waals surface area contributed by atoms with Crippen LogP contribution in [0.1, 0.15) is 31.1 Å². The fraction of sp³-hybridized carbons (Fsp3) is 0.571. The van der Waals surface area contributed by atoms with Crippen LogP contribution >= 0.6 is 0 Å². The quantitative estimate of drug-likeness (QED) is 0.606. The summed E-state index contributed by atoms with van der Waals surface area (Å²) in [7, 11) is 0. The van der Waals surface area contributed by atoms with E-state index in [1.54, 1.807) is 20.8 Å². The molecule has 4 aliphatic heterocycles. The van der Waals surface area contributed by atoms with Gasteiger partial charge in [0.05, 0.1) is 46.6 Å². The molecular formula is C21H31N5O6. The standard InChI is InChI=1S/C15H19NO6.C6H12N4/c1-15(2,3)22-14(20)16-8-12(17)10-4-6-11(7-5-10)21-9-13(18)19;1-7-2-9-4-8(1)5-10(3-7)6-9/h4-7H,8-9H2,1-3H3,(H,16,20)(H,18,19);1-6H2. The number of aliphatic carboxylic acids is 1. The Morgan fingerprint density at radius 2 is 1.38 bits per heavy atom. The number of carbonyl (C=O) groups excluding carboxylic acids is 2. The minimum Gasteiger partial charge on any atom is -0.482 e. The van der Waals surface area contributed by atoms with Crippen LogP contribution in [0.2, 0.25) is 0 Å². The molecule has 32 heavy (non-hydrogen) atoms. The fourth-order valence-electron chi connectivity index (χ4n) is 3.68. The van der Waals surface area contributed by atoms with Gasteiger partial charge in [-0.05, 0) is 45.0 Å². The van der Waals surface area contributed by atoms with Gasteiger partial charge in [-0.25, -0.2) is 9.59 Å². The molecule has 11 heteroatoms. The van der Waals surface area contributed by atoms with Crippen LogP contribution in [0.3, 0.4) is 0 Å². The van der Waals surface area contributed by atoms with Gasteiger partial charge in [0.2, 0.25) is 0 Å². The molecule has 11 nitrogen and oxygen atoms in total. The summed E-state index contributed by atoms with van der Waals surface area (Å²) in [6, 6.07) is 5.97. The third-order valence-corrected chi connectivity index (χ3v) is 4.73. The van der Waals surface area contributed by atoms with E-state index in [-0.39, 0.29) is 12.3 Å². The van der Waals surface area contributed by atoms with Crippen LogP contribution in [-0.2, 0) is 9.53 Å². The number of carbonyl (C=O) groups is 3. The molecular weight excluding hydrogens is 418 g/mol. The zero-order valence-corrected chi connectivity index (χ0v) is 18.7. The highest BCUT2D eigenvalue weighted by atomic mass is 16.6. The molecule has 0 unspecified atom stereocenters. The van der Waals surface area contributed by atoms with Crippen molar-refractivity contribution >= 4 is 17.8 Å². The van der Waals surface area contributed by atoms with E-state index in [1.807, 2.05) is 0 Å². The molecule has 1 amide bonds.